The summed E-state index contributed by atoms with van der Waals surface area (Å²) in [5, 5.41) is 7.69. The molecule has 1 heterocycles. The molecule has 6 rings (SSSR count). The Kier molecular flexibility index (Phi) is 6.27. The van der Waals surface area contributed by atoms with Gasteiger partial charge in [-0.05, 0) is 67.0 Å². The fourth-order valence-electron chi connectivity index (χ4n) is 5.67. The molecule has 2 N–H and O–H groups in total. The van der Waals surface area contributed by atoms with Crippen molar-refractivity contribution in [3.63, 3.8) is 0 Å². The van der Waals surface area contributed by atoms with Crippen LogP contribution < -0.4 is 15.5 Å². The number of nitrogens with zero attached hydrogens (tertiary/aromatic N) is 3. The lowest BCUT2D eigenvalue weighted by Gasteiger charge is -2.29. The summed E-state index contributed by atoms with van der Waals surface area (Å²) in [5.41, 5.74) is 4.63. The molecule has 7 nitrogen and oxygen atoms in total. The third-order valence-electron chi connectivity index (χ3n) is 7.73. The zero-order valence-electron chi connectivity index (χ0n) is 21.7. The molecule has 0 aliphatic heterocycles. The van der Waals surface area contributed by atoms with Crippen molar-refractivity contribution in [2.45, 2.75) is 31.7 Å². The predicted octanol–water partition coefficient (Wildman–Crippen LogP) is 5.31. The van der Waals surface area contributed by atoms with Crippen LogP contribution in [0.5, 0.6) is 0 Å². The van der Waals surface area contributed by atoms with E-state index in [1.165, 1.54) is 0 Å². The Hall–Kier alpha value is -4.26. The molecule has 0 bridgehead atoms. The van der Waals surface area contributed by atoms with Gasteiger partial charge in [-0.25, -0.2) is 4.98 Å². The van der Waals surface area contributed by atoms with Crippen molar-refractivity contribution in [1.29, 1.82) is 0 Å². The van der Waals surface area contributed by atoms with Crippen molar-refractivity contribution in [1.82, 2.24) is 15.3 Å². The number of carbonyl (C=O) groups is 2. The molecule has 0 unspecified atom stereocenters. The molecule has 3 aromatic carbocycles. The Bertz CT molecular complexity index is 1540. The first-order valence-electron chi connectivity index (χ1n) is 13.2. The highest BCUT2D eigenvalue weighted by atomic mass is 16.1. The molecule has 38 heavy (non-hydrogen) atoms. The monoisotopic (exact) mass is 505 g/mol. The average Bonchev–Trinajstić information content (AvgIpc) is 3.23. The molecule has 7 heteroatoms. The molecule has 1 fully saturated rings. The van der Waals surface area contributed by atoms with Crippen molar-refractivity contribution >= 4 is 34.4 Å². The summed E-state index contributed by atoms with van der Waals surface area (Å²) >= 11 is 0. The third-order valence-corrected chi connectivity index (χ3v) is 7.73. The number of anilines is 2. The summed E-state index contributed by atoms with van der Waals surface area (Å²) in [7, 11) is 4.00. The Labute approximate surface area is 222 Å². The number of hydrogen-bond donors (Lipinski definition) is 2. The van der Waals surface area contributed by atoms with Gasteiger partial charge in [-0.1, -0.05) is 42.5 Å². The number of hydrogen-bond acceptors (Lipinski definition) is 6. The quantitative estimate of drug-likeness (QED) is 0.325. The van der Waals surface area contributed by atoms with Gasteiger partial charge in [-0.3, -0.25) is 9.59 Å². The number of ketones is 1. The minimum atomic E-state index is -0.127. The summed E-state index contributed by atoms with van der Waals surface area (Å²) in [6.45, 7) is 0.633. The number of benzene rings is 3. The first-order valence-corrected chi connectivity index (χ1v) is 13.2. The second kappa shape index (κ2) is 9.89. The largest absolute Gasteiger partial charge is 0.362 e. The van der Waals surface area contributed by atoms with Gasteiger partial charge in [0.15, 0.2) is 5.78 Å². The van der Waals surface area contributed by atoms with Gasteiger partial charge >= 0.3 is 0 Å². The molecule has 0 atom stereocenters. The smallest absolute Gasteiger partial charge is 0.251 e. The van der Waals surface area contributed by atoms with Crippen LogP contribution >= 0.6 is 0 Å². The van der Waals surface area contributed by atoms with E-state index in [9.17, 15) is 9.59 Å². The van der Waals surface area contributed by atoms with Crippen LogP contribution in [0.4, 0.5) is 11.8 Å². The summed E-state index contributed by atoms with van der Waals surface area (Å²) < 4.78 is 0. The minimum Gasteiger partial charge on any atom is -0.362 e. The van der Waals surface area contributed by atoms with Crippen LogP contribution in [0, 0.1) is 5.92 Å². The van der Waals surface area contributed by atoms with Crippen LogP contribution in [0.25, 0.3) is 22.0 Å². The van der Waals surface area contributed by atoms with Crippen LogP contribution in [0.2, 0.25) is 0 Å². The Morgan fingerprint density at radius 3 is 2.37 bits per heavy atom. The molecule has 1 aromatic heterocycles. The van der Waals surface area contributed by atoms with Crippen molar-refractivity contribution in [2.75, 3.05) is 30.9 Å². The van der Waals surface area contributed by atoms with Crippen LogP contribution in [0.3, 0.4) is 0 Å². The zero-order chi connectivity index (χ0) is 26.2. The van der Waals surface area contributed by atoms with Gasteiger partial charge in [-0.2, -0.15) is 4.98 Å². The van der Waals surface area contributed by atoms with E-state index in [0.717, 1.165) is 53.5 Å². The highest BCUT2D eigenvalue weighted by Crippen LogP contribution is 2.36. The predicted molar refractivity (Wildman–Crippen MR) is 151 cm³/mol. The van der Waals surface area contributed by atoms with Crippen LogP contribution in [0.1, 0.15) is 52.0 Å². The summed E-state index contributed by atoms with van der Waals surface area (Å²) in [5.74, 6) is 1.86. The summed E-state index contributed by atoms with van der Waals surface area (Å²) in [4.78, 5) is 37.2. The number of amides is 1. The molecule has 0 saturated heterocycles. The minimum absolute atomic E-state index is 0.0100. The van der Waals surface area contributed by atoms with Crippen molar-refractivity contribution in [3.8, 4) is 11.1 Å². The van der Waals surface area contributed by atoms with Gasteiger partial charge < -0.3 is 15.5 Å². The van der Waals surface area contributed by atoms with E-state index < -0.39 is 0 Å². The lowest BCUT2D eigenvalue weighted by molar-refractivity contribution is 0.0943. The standard InChI is InChI=1S/C31H31N5O2/c1-36(2)29-25-9-5-6-10-27(25)34-31(35-29)33-21-14-11-19(12-15-21)18-32-30(38)20-13-16-23-22-7-3-4-8-24(22)28(37)26(23)17-20/h3-10,13,16-17,19,21H,11-12,14-15,18H2,1-2H3,(H,32,38)(H,33,34,35)/t19-,21+. The SMILES string of the molecule is CN(C)c1nc(N[C@H]2CC[C@@H](CNC(=O)c3ccc4c(c3)C(=O)c3ccccc3-4)CC2)nc2ccccc12. The lowest BCUT2D eigenvalue weighted by Crippen LogP contribution is -2.34. The normalized spacial score (nSPS) is 18.1. The lowest BCUT2D eigenvalue weighted by atomic mass is 9.86. The van der Waals surface area contributed by atoms with E-state index in [0.29, 0.717) is 41.1 Å². The van der Waals surface area contributed by atoms with Crippen molar-refractivity contribution in [2.24, 2.45) is 5.92 Å². The maximum absolute atomic E-state index is 12.9. The summed E-state index contributed by atoms with van der Waals surface area (Å²) in [6.07, 6.45) is 4.04. The molecule has 2 aliphatic rings. The Balaban J connectivity index is 1.04. The Morgan fingerprint density at radius 1 is 0.868 bits per heavy atom. The molecule has 1 amide bonds. The first kappa shape index (κ1) is 24.1. The molecule has 2 aliphatic carbocycles. The molecular weight excluding hydrogens is 474 g/mol. The number of rotatable bonds is 6. The van der Waals surface area contributed by atoms with Gasteiger partial charge in [0.05, 0.1) is 5.52 Å². The molecule has 0 spiro atoms. The third kappa shape index (κ3) is 4.49. The van der Waals surface area contributed by atoms with Crippen LogP contribution in [-0.4, -0.2) is 48.3 Å². The number of nitrogens with one attached hydrogen (secondary N) is 2. The number of aromatic nitrogens is 2. The van der Waals surface area contributed by atoms with E-state index in [-0.39, 0.29) is 11.7 Å². The van der Waals surface area contributed by atoms with Crippen molar-refractivity contribution < 1.29 is 9.59 Å². The van der Waals surface area contributed by atoms with E-state index >= 15 is 0 Å². The maximum Gasteiger partial charge on any atom is 0.251 e. The molecular formula is C31H31N5O2. The highest BCUT2D eigenvalue weighted by molar-refractivity contribution is 6.22. The fraction of sp³-hybridized carbons (Fsp3) is 0.290. The van der Waals surface area contributed by atoms with Gasteiger partial charge in [0.1, 0.15) is 5.82 Å². The Morgan fingerprint density at radius 2 is 1.58 bits per heavy atom. The first-order chi connectivity index (χ1) is 18.5. The topological polar surface area (TPSA) is 87.2 Å². The van der Waals surface area contributed by atoms with E-state index in [1.807, 2.05) is 79.7 Å². The van der Waals surface area contributed by atoms with E-state index in [4.69, 9.17) is 9.97 Å². The molecule has 192 valence electrons. The second-order valence-electron chi connectivity index (χ2n) is 10.5. The molecule has 1 saturated carbocycles. The highest BCUT2D eigenvalue weighted by Gasteiger charge is 2.27. The maximum atomic E-state index is 12.9. The van der Waals surface area contributed by atoms with Crippen LogP contribution in [-0.2, 0) is 0 Å². The van der Waals surface area contributed by atoms with E-state index in [2.05, 4.69) is 10.6 Å². The van der Waals surface area contributed by atoms with Gasteiger partial charge in [-0.15, -0.1) is 0 Å². The molecule has 0 radical (unpaired) electrons. The van der Waals surface area contributed by atoms with Gasteiger partial charge in [0.25, 0.3) is 5.91 Å². The van der Waals surface area contributed by atoms with Crippen molar-refractivity contribution in [3.05, 3.63) is 83.4 Å². The van der Waals surface area contributed by atoms with Gasteiger partial charge in [0.2, 0.25) is 5.95 Å². The van der Waals surface area contributed by atoms with Gasteiger partial charge in [0, 0.05) is 48.8 Å². The number of para-hydroxylation sites is 1. The average molecular weight is 506 g/mol. The number of carbonyl (C=O) groups excluding carboxylic acids is 2. The zero-order valence-corrected chi connectivity index (χ0v) is 21.7. The fourth-order valence-corrected chi connectivity index (χ4v) is 5.67. The number of fused-ring (bicyclic) bond motifs is 4. The van der Waals surface area contributed by atoms with E-state index in [1.54, 1.807) is 6.07 Å². The van der Waals surface area contributed by atoms with Crippen LogP contribution in [0.15, 0.2) is 66.7 Å². The second-order valence-corrected chi connectivity index (χ2v) is 10.5. The summed E-state index contributed by atoms with van der Waals surface area (Å²) in [6, 6.07) is 21.4. The molecule has 4 aromatic rings.